The molecule has 0 spiro atoms. The Balaban J connectivity index is 3.05. The first-order chi connectivity index (χ1) is 9.24. The molecular weight excluding hydrogens is 314 g/mol. The Kier molecular flexibility index (Phi) is 6.25. The fourth-order valence-corrected chi connectivity index (χ4v) is 2.74. The summed E-state index contributed by atoms with van der Waals surface area (Å²) < 4.78 is 1.01. The highest BCUT2D eigenvalue weighted by molar-refractivity contribution is 9.10. The van der Waals surface area contributed by atoms with E-state index in [1.807, 2.05) is 29.2 Å². The van der Waals surface area contributed by atoms with Crippen molar-refractivity contribution in [3.05, 3.63) is 28.7 Å². The molecule has 1 rings (SSSR count). The smallest absolute Gasteiger partial charge is 0.227 e. The van der Waals surface area contributed by atoms with Gasteiger partial charge in [0.1, 0.15) is 0 Å². The van der Waals surface area contributed by atoms with Crippen molar-refractivity contribution >= 4 is 27.5 Å². The molecule has 1 atom stereocenters. The first kappa shape index (κ1) is 17.2. The van der Waals surface area contributed by atoms with E-state index in [0.29, 0.717) is 6.42 Å². The van der Waals surface area contributed by atoms with Crippen LogP contribution < -0.4 is 4.90 Å². The van der Waals surface area contributed by atoms with Crippen LogP contribution >= 0.6 is 15.9 Å². The maximum atomic E-state index is 12.7. The van der Waals surface area contributed by atoms with Crippen molar-refractivity contribution in [2.24, 2.45) is 5.41 Å². The molecule has 0 saturated heterocycles. The Morgan fingerprint density at radius 1 is 1.35 bits per heavy atom. The molecule has 0 heterocycles. The number of anilines is 1. The molecule has 0 saturated carbocycles. The van der Waals surface area contributed by atoms with Gasteiger partial charge in [0.05, 0.1) is 0 Å². The number of nitrogens with zero attached hydrogens (tertiary/aromatic N) is 1. The zero-order valence-corrected chi connectivity index (χ0v) is 14.8. The summed E-state index contributed by atoms with van der Waals surface area (Å²) in [5, 5.41) is 0. The summed E-state index contributed by atoms with van der Waals surface area (Å²) in [4.78, 5) is 14.7. The quantitative estimate of drug-likeness (QED) is 0.702. The highest BCUT2D eigenvalue weighted by Gasteiger charge is 2.25. The molecule has 0 N–H and O–H groups in total. The second-order valence-corrected chi connectivity index (χ2v) is 7.53. The molecule has 0 aliphatic rings. The average Bonchev–Trinajstić information content (AvgIpc) is 2.26. The molecule has 0 aromatic heterocycles. The number of carbonyl (C=O) groups is 1. The number of halogens is 1. The fraction of sp³-hybridized carbons (Fsp3) is 0.588. The zero-order chi connectivity index (χ0) is 15.3. The van der Waals surface area contributed by atoms with E-state index in [-0.39, 0.29) is 17.4 Å². The second-order valence-electron chi connectivity index (χ2n) is 6.62. The van der Waals surface area contributed by atoms with Crippen LogP contribution in [0.2, 0.25) is 0 Å². The molecule has 0 aliphatic heterocycles. The number of hydrogen-bond acceptors (Lipinski definition) is 1. The van der Waals surface area contributed by atoms with Gasteiger partial charge in [-0.25, -0.2) is 0 Å². The van der Waals surface area contributed by atoms with E-state index < -0.39 is 0 Å². The summed E-state index contributed by atoms with van der Waals surface area (Å²) >= 11 is 3.49. The summed E-state index contributed by atoms with van der Waals surface area (Å²) in [5.41, 5.74) is 0.988. The minimum Gasteiger partial charge on any atom is -0.310 e. The predicted molar refractivity (Wildman–Crippen MR) is 90.1 cm³/mol. The van der Waals surface area contributed by atoms with Gasteiger partial charge in [-0.05, 0) is 37.0 Å². The summed E-state index contributed by atoms with van der Waals surface area (Å²) in [6.07, 6.45) is 2.66. The van der Waals surface area contributed by atoms with Crippen LogP contribution in [0, 0.1) is 5.41 Å². The summed E-state index contributed by atoms with van der Waals surface area (Å²) in [5.74, 6) is 0.205. The van der Waals surface area contributed by atoms with Crippen molar-refractivity contribution < 1.29 is 4.79 Å². The van der Waals surface area contributed by atoms with Crippen LogP contribution in [0.15, 0.2) is 28.7 Å². The van der Waals surface area contributed by atoms with Gasteiger partial charge in [-0.2, -0.15) is 0 Å². The number of amides is 1. The minimum atomic E-state index is 0.00722. The van der Waals surface area contributed by atoms with E-state index >= 15 is 0 Å². The van der Waals surface area contributed by atoms with Crippen LogP contribution in [0.3, 0.4) is 0 Å². The number of rotatable bonds is 5. The third-order valence-electron chi connectivity index (χ3n) is 3.18. The van der Waals surface area contributed by atoms with E-state index in [9.17, 15) is 4.79 Å². The standard InChI is InChI=1S/C17H26BrNO/c1-6-8-13(2)19(16(20)12-17(3,4)5)15-10-7-9-14(18)11-15/h7,9-11,13H,6,8,12H2,1-5H3. The van der Waals surface area contributed by atoms with Gasteiger partial charge >= 0.3 is 0 Å². The largest absolute Gasteiger partial charge is 0.310 e. The molecule has 1 aromatic carbocycles. The fourth-order valence-electron chi connectivity index (χ4n) is 2.36. The molecule has 1 amide bonds. The average molecular weight is 340 g/mol. The van der Waals surface area contributed by atoms with E-state index in [4.69, 9.17) is 0 Å². The number of carbonyl (C=O) groups excluding carboxylic acids is 1. The van der Waals surface area contributed by atoms with Gasteiger partial charge in [0.15, 0.2) is 0 Å². The summed E-state index contributed by atoms with van der Waals surface area (Å²) in [6, 6.07) is 8.23. The molecule has 0 fully saturated rings. The van der Waals surface area contributed by atoms with Crippen LogP contribution in [-0.4, -0.2) is 11.9 Å². The minimum absolute atomic E-state index is 0.00722. The molecular formula is C17H26BrNO. The number of benzene rings is 1. The van der Waals surface area contributed by atoms with Gasteiger partial charge < -0.3 is 4.90 Å². The molecule has 0 bridgehead atoms. The molecule has 112 valence electrons. The predicted octanol–water partition coefficient (Wildman–Crippen LogP) is 5.41. The lowest BCUT2D eigenvalue weighted by Gasteiger charge is -2.32. The molecule has 1 unspecified atom stereocenters. The Morgan fingerprint density at radius 3 is 2.50 bits per heavy atom. The van der Waals surface area contributed by atoms with E-state index in [1.165, 1.54) is 0 Å². The van der Waals surface area contributed by atoms with Crippen molar-refractivity contribution in [3.8, 4) is 0 Å². The van der Waals surface area contributed by atoms with Crippen LogP contribution in [0.1, 0.15) is 53.9 Å². The molecule has 3 heteroatoms. The maximum absolute atomic E-state index is 12.7. The van der Waals surface area contributed by atoms with Gasteiger partial charge in [-0.1, -0.05) is 56.1 Å². The lowest BCUT2D eigenvalue weighted by Crippen LogP contribution is -2.40. The molecule has 0 aliphatic carbocycles. The van der Waals surface area contributed by atoms with Gasteiger partial charge in [0.25, 0.3) is 0 Å². The first-order valence-electron chi connectivity index (χ1n) is 7.32. The third kappa shape index (κ3) is 5.28. The molecule has 0 radical (unpaired) electrons. The second kappa shape index (κ2) is 7.26. The van der Waals surface area contributed by atoms with Gasteiger partial charge in [0, 0.05) is 22.6 Å². The summed E-state index contributed by atoms with van der Waals surface area (Å²) in [7, 11) is 0. The Morgan fingerprint density at radius 2 is 2.00 bits per heavy atom. The number of hydrogen-bond donors (Lipinski definition) is 0. The highest BCUT2D eigenvalue weighted by Crippen LogP contribution is 2.27. The molecule has 1 aromatic rings. The van der Waals surface area contributed by atoms with Crippen LogP contribution in [0.4, 0.5) is 5.69 Å². The SMILES string of the molecule is CCCC(C)N(C(=O)CC(C)(C)C)c1cccc(Br)c1. The topological polar surface area (TPSA) is 20.3 Å². The Labute approximate surface area is 131 Å². The third-order valence-corrected chi connectivity index (χ3v) is 3.68. The normalized spacial score (nSPS) is 13.1. The summed E-state index contributed by atoms with van der Waals surface area (Å²) in [6.45, 7) is 10.6. The lowest BCUT2D eigenvalue weighted by molar-refractivity contribution is -0.120. The lowest BCUT2D eigenvalue weighted by atomic mass is 9.91. The van der Waals surface area contributed by atoms with Crippen molar-refractivity contribution in [1.29, 1.82) is 0 Å². The van der Waals surface area contributed by atoms with Gasteiger partial charge in [0.2, 0.25) is 5.91 Å². The van der Waals surface area contributed by atoms with Gasteiger partial charge in [-0.15, -0.1) is 0 Å². The van der Waals surface area contributed by atoms with E-state index in [2.05, 4.69) is 50.5 Å². The van der Waals surface area contributed by atoms with Crippen molar-refractivity contribution in [1.82, 2.24) is 0 Å². The Bertz CT molecular complexity index is 451. The molecule has 2 nitrogen and oxygen atoms in total. The van der Waals surface area contributed by atoms with E-state index in [1.54, 1.807) is 0 Å². The highest BCUT2D eigenvalue weighted by atomic mass is 79.9. The zero-order valence-electron chi connectivity index (χ0n) is 13.2. The van der Waals surface area contributed by atoms with E-state index in [0.717, 1.165) is 23.0 Å². The van der Waals surface area contributed by atoms with Crippen molar-refractivity contribution in [2.75, 3.05) is 4.90 Å². The maximum Gasteiger partial charge on any atom is 0.227 e. The van der Waals surface area contributed by atoms with Crippen molar-refractivity contribution in [3.63, 3.8) is 0 Å². The first-order valence-corrected chi connectivity index (χ1v) is 8.11. The van der Waals surface area contributed by atoms with Crippen LogP contribution in [-0.2, 0) is 4.79 Å². The van der Waals surface area contributed by atoms with Crippen molar-refractivity contribution in [2.45, 2.75) is 59.9 Å². The van der Waals surface area contributed by atoms with Crippen LogP contribution in [0.25, 0.3) is 0 Å². The molecule has 20 heavy (non-hydrogen) atoms. The van der Waals surface area contributed by atoms with Gasteiger partial charge in [-0.3, -0.25) is 4.79 Å². The van der Waals surface area contributed by atoms with Crippen LogP contribution in [0.5, 0.6) is 0 Å². The Hall–Kier alpha value is -0.830. The monoisotopic (exact) mass is 339 g/mol.